The van der Waals surface area contributed by atoms with E-state index in [1.165, 1.54) is 5.69 Å². The first-order valence-corrected chi connectivity index (χ1v) is 13.0. The van der Waals surface area contributed by atoms with E-state index in [2.05, 4.69) is 17.0 Å². The highest BCUT2D eigenvalue weighted by atomic mass is 16.2. The van der Waals surface area contributed by atoms with Crippen molar-refractivity contribution < 1.29 is 14.4 Å². The highest BCUT2D eigenvalue weighted by Gasteiger charge is 2.41. The first-order valence-electron chi connectivity index (χ1n) is 13.0. The summed E-state index contributed by atoms with van der Waals surface area (Å²) in [6.07, 6.45) is 1.54. The van der Waals surface area contributed by atoms with Crippen molar-refractivity contribution in [3.63, 3.8) is 0 Å². The Labute approximate surface area is 216 Å². The molecule has 3 aliphatic heterocycles. The van der Waals surface area contributed by atoms with Gasteiger partial charge in [0.15, 0.2) is 0 Å². The van der Waals surface area contributed by atoms with Gasteiger partial charge in [0.25, 0.3) is 11.8 Å². The molecule has 188 valence electrons. The van der Waals surface area contributed by atoms with Gasteiger partial charge in [-0.05, 0) is 54.8 Å². The number of rotatable bonds is 4. The molecule has 0 unspecified atom stereocenters. The fourth-order valence-electron chi connectivity index (χ4n) is 5.70. The Balaban J connectivity index is 1.16. The maximum Gasteiger partial charge on any atom is 0.256 e. The summed E-state index contributed by atoms with van der Waals surface area (Å²) >= 11 is 0. The van der Waals surface area contributed by atoms with Crippen LogP contribution >= 0.6 is 0 Å². The van der Waals surface area contributed by atoms with Crippen molar-refractivity contribution in [2.75, 3.05) is 42.5 Å². The number of amides is 3. The van der Waals surface area contributed by atoms with Crippen LogP contribution in [0.4, 0.5) is 11.4 Å². The maximum absolute atomic E-state index is 13.5. The second-order valence-electron chi connectivity index (χ2n) is 9.91. The minimum atomic E-state index is -0.407. The molecule has 0 N–H and O–H groups in total. The fraction of sp³-hybridized carbons (Fsp3) is 0.300. The topological polar surface area (TPSA) is 64.2 Å². The molecule has 0 aromatic heterocycles. The Morgan fingerprint density at radius 3 is 2.24 bits per heavy atom. The van der Waals surface area contributed by atoms with Crippen LogP contribution in [0.15, 0.2) is 78.9 Å². The Kier molecular flexibility index (Phi) is 6.12. The molecule has 7 heteroatoms. The number of carbonyl (C=O) groups excluding carboxylic acids is 3. The van der Waals surface area contributed by atoms with Crippen LogP contribution in [0.2, 0.25) is 0 Å². The first-order chi connectivity index (χ1) is 18.1. The van der Waals surface area contributed by atoms with Gasteiger partial charge in [-0.2, -0.15) is 0 Å². The zero-order valence-corrected chi connectivity index (χ0v) is 20.8. The van der Waals surface area contributed by atoms with Crippen molar-refractivity contribution in [1.29, 1.82) is 0 Å². The van der Waals surface area contributed by atoms with Crippen molar-refractivity contribution in [2.24, 2.45) is 0 Å². The van der Waals surface area contributed by atoms with E-state index < -0.39 is 6.04 Å². The van der Waals surface area contributed by atoms with Crippen LogP contribution in [-0.4, -0.2) is 66.3 Å². The minimum absolute atomic E-state index is 0.0302. The highest BCUT2D eigenvalue weighted by Crippen LogP contribution is 2.33. The number of carbonyl (C=O) groups is 3. The van der Waals surface area contributed by atoms with Gasteiger partial charge in [-0.1, -0.05) is 42.5 Å². The number of benzene rings is 3. The molecule has 3 aromatic carbocycles. The number of hydrogen-bond donors (Lipinski definition) is 0. The molecule has 7 nitrogen and oxygen atoms in total. The minimum Gasteiger partial charge on any atom is -0.368 e. The lowest BCUT2D eigenvalue weighted by Gasteiger charge is -2.36. The van der Waals surface area contributed by atoms with Crippen molar-refractivity contribution in [1.82, 2.24) is 9.80 Å². The van der Waals surface area contributed by atoms with Gasteiger partial charge in [0.1, 0.15) is 6.04 Å². The normalized spacial score (nSPS) is 19.5. The second-order valence-corrected chi connectivity index (χ2v) is 9.91. The van der Waals surface area contributed by atoms with E-state index in [1.807, 2.05) is 65.6 Å². The number of nitrogens with zero attached hydrogens (tertiary/aromatic N) is 4. The third-order valence-electron chi connectivity index (χ3n) is 7.72. The van der Waals surface area contributed by atoms with Crippen LogP contribution in [0.1, 0.15) is 39.1 Å². The van der Waals surface area contributed by atoms with E-state index in [-0.39, 0.29) is 17.7 Å². The summed E-state index contributed by atoms with van der Waals surface area (Å²) < 4.78 is 0. The maximum atomic E-state index is 13.5. The van der Waals surface area contributed by atoms with Crippen molar-refractivity contribution in [3.05, 3.63) is 95.6 Å². The van der Waals surface area contributed by atoms with E-state index in [0.717, 1.165) is 25.1 Å². The van der Waals surface area contributed by atoms with Crippen molar-refractivity contribution >= 4 is 29.1 Å². The van der Waals surface area contributed by atoms with Crippen LogP contribution in [0.5, 0.6) is 0 Å². The predicted octanol–water partition coefficient (Wildman–Crippen LogP) is 3.80. The van der Waals surface area contributed by atoms with Crippen molar-refractivity contribution in [2.45, 2.75) is 25.4 Å². The molecule has 0 aliphatic carbocycles. The third kappa shape index (κ3) is 4.35. The molecule has 3 amide bonds. The van der Waals surface area contributed by atoms with Gasteiger partial charge >= 0.3 is 0 Å². The largest absolute Gasteiger partial charge is 0.368 e. The molecular formula is C30H30N4O3. The van der Waals surface area contributed by atoms with Gasteiger partial charge in [0.2, 0.25) is 5.91 Å². The zero-order chi connectivity index (χ0) is 25.4. The second kappa shape index (κ2) is 9.73. The molecule has 0 bridgehead atoms. The average Bonchev–Trinajstić information content (AvgIpc) is 3.43. The lowest BCUT2D eigenvalue weighted by Crippen LogP contribution is -2.48. The standard InChI is InChI=1S/C30H30N4O3/c35-28(32-19-17-31(18-20-32)24-7-2-1-3-8-24)23-14-12-22(13-15-23)21-34-26-10-5-4-9-25(26)29(36)33-16-6-11-27(33)30(34)37/h1-5,7-10,12-15,27H,6,11,16-21H2/t27-/m1/s1. The number of hydrogen-bond acceptors (Lipinski definition) is 4. The van der Waals surface area contributed by atoms with Gasteiger partial charge < -0.3 is 19.6 Å². The average molecular weight is 495 g/mol. The third-order valence-corrected chi connectivity index (χ3v) is 7.72. The van der Waals surface area contributed by atoms with Gasteiger partial charge in [-0.25, -0.2) is 0 Å². The SMILES string of the molecule is O=C(c1ccc(CN2C(=O)[C@H]3CCCN3C(=O)c3ccccc32)cc1)N1CCN(c2ccccc2)CC1. The zero-order valence-electron chi connectivity index (χ0n) is 20.8. The summed E-state index contributed by atoms with van der Waals surface area (Å²) in [6.45, 7) is 3.95. The Bertz CT molecular complexity index is 1320. The monoisotopic (exact) mass is 494 g/mol. The molecule has 3 aromatic rings. The first kappa shape index (κ1) is 23.3. The van der Waals surface area contributed by atoms with E-state index in [0.29, 0.717) is 49.4 Å². The molecule has 3 aliphatic rings. The number of piperazine rings is 1. The Morgan fingerprint density at radius 1 is 0.784 bits per heavy atom. The highest BCUT2D eigenvalue weighted by molar-refractivity contribution is 6.11. The van der Waals surface area contributed by atoms with E-state index in [4.69, 9.17) is 0 Å². The van der Waals surface area contributed by atoms with Gasteiger partial charge in [0, 0.05) is 44.0 Å². The summed E-state index contributed by atoms with van der Waals surface area (Å²) in [6, 6.07) is 24.8. The van der Waals surface area contributed by atoms with E-state index >= 15 is 0 Å². The number of para-hydroxylation sites is 2. The van der Waals surface area contributed by atoms with Crippen LogP contribution < -0.4 is 9.80 Å². The van der Waals surface area contributed by atoms with E-state index in [9.17, 15) is 14.4 Å². The van der Waals surface area contributed by atoms with Crippen LogP contribution in [0.3, 0.4) is 0 Å². The van der Waals surface area contributed by atoms with Gasteiger partial charge in [-0.3, -0.25) is 14.4 Å². The van der Waals surface area contributed by atoms with Gasteiger partial charge in [0.05, 0.1) is 17.8 Å². The van der Waals surface area contributed by atoms with Gasteiger partial charge in [-0.15, -0.1) is 0 Å². The summed E-state index contributed by atoms with van der Waals surface area (Å²) in [7, 11) is 0. The summed E-state index contributed by atoms with van der Waals surface area (Å²) in [5, 5.41) is 0. The summed E-state index contributed by atoms with van der Waals surface area (Å²) in [5.41, 5.74) is 3.99. The molecule has 3 heterocycles. The molecule has 1 atom stereocenters. The lowest BCUT2D eigenvalue weighted by atomic mass is 10.1. The molecule has 0 radical (unpaired) electrons. The molecule has 0 saturated carbocycles. The Hall–Kier alpha value is -4.13. The van der Waals surface area contributed by atoms with Crippen molar-refractivity contribution in [3.8, 4) is 0 Å². The van der Waals surface area contributed by atoms with Crippen LogP contribution in [0, 0.1) is 0 Å². The quantitative estimate of drug-likeness (QED) is 0.554. The molecular weight excluding hydrogens is 464 g/mol. The number of anilines is 2. The molecule has 2 fully saturated rings. The van der Waals surface area contributed by atoms with Crippen LogP contribution in [0.25, 0.3) is 0 Å². The lowest BCUT2D eigenvalue weighted by molar-refractivity contribution is -0.122. The fourth-order valence-corrected chi connectivity index (χ4v) is 5.70. The molecule has 2 saturated heterocycles. The van der Waals surface area contributed by atoms with E-state index in [1.54, 1.807) is 15.9 Å². The number of fused-ring (bicyclic) bond motifs is 2. The molecule has 0 spiro atoms. The Morgan fingerprint density at radius 2 is 1.49 bits per heavy atom. The molecule has 37 heavy (non-hydrogen) atoms. The summed E-state index contributed by atoms with van der Waals surface area (Å²) in [5.74, 6) is -0.0721. The molecule has 6 rings (SSSR count). The predicted molar refractivity (Wildman–Crippen MR) is 143 cm³/mol. The smallest absolute Gasteiger partial charge is 0.256 e. The summed E-state index contributed by atoms with van der Waals surface area (Å²) in [4.78, 5) is 47.5. The van der Waals surface area contributed by atoms with Crippen LogP contribution in [-0.2, 0) is 11.3 Å².